The fourth-order valence-corrected chi connectivity index (χ4v) is 1.66. The molecule has 0 saturated carbocycles. The van der Waals surface area contributed by atoms with Crippen LogP contribution in [0.1, 0.15) is 19.0 Å². The lowest BCUT2D eigenvalue weighted by molar-refractivity contribution is -0.136. The maximum atomic E-state index is 13.2. The van der Waals surface area contributed by atoms with Gasteiger partial charge in [0.1, 0.15) is 5.83 Å². The van der Waals surface area contributed by atoms with Gasteiger partial charge in [-0.25, -0.2) is 9.37 Å². The Morgan fingerprint density at radius 2 is 2.37 bits per heavy atom. The molecule has 0 bridgehead atoms. The Balaban J connectivity index is 2.92. The van der Waals surface area contributed by atoms with E-state index in [1.54, 1.807) is 10.9 Å². The van der Waals surface area contributed by atoms with Crippen LogP contribution in [-0.2, 0) is 17.8 Å². The first kappa shape index (κ1) is 14.9. The Kier molecular flexibility index (Phi) is 5.73. The Morgan fingerprint density at radius 3 is 2.95 bits per heavy atom. The fourth-order valence-electron chi connectivity index (χ4n) is 1.66. The summed E-state index contributed by atoms with van der Waals surface area (Å²) in [7, 11) is 0. The Labute approximate surface area is 111 Å². The van der Waals surface area contributed by atoms with Gasteiger partial charge in [-0.1, -0.05) is 19.6 Å². The van der Waals surface area contributed by atoms with Crippen molar-refractivity contribution in [1.82, 2.24) is 9.55 Å². The van der Waals surface area contributed by atoms with Crippen LogP contribution in [0.4, 0.5) is 4.39 Å². The van der Waals surface area contributed by atoms with Crippen LogP contribution in [0.25, 0.3) is 0 Å². The molecule has 19 heavy (non-hydrogen) atoms. The first-order valence-corrected chi connectivity index (χ1v) is 5.96. The summed E-state index contributed by atoms with van der Waals surface area (Å²) in [5.41, 5.74) is 1.34. The zero-order valence-electron chi connectivity index (χ0n) is 10.8. The van der Waals surface area contributed by atoms with E-state index >= 15 is 0 Å². The number of allylic oxidation sites excluding steroid dienone is 5. The van der Waals surface area contributed by atoms with Crippen LogP contribution in [0, 0.1) is 0 Å². The molecule has 102 valence electrons. The number of carbonyl (C=O) groups is 1. The summed E-state index contributed by atoms with van der Waals surface area (Å²) in [5.74, 6) is -1.34. The van der Waals surface area contributed by atoms with Crippen molar-refractivity contribution in [2.75, 3.05) is 0 Å². The van der Waals surface area contributed by atoms with E-state index < -0.39 is 11.8 Å². The quantitative estimate of drug-likeness (QED) is 0.770. The highest BCUT2D eigenvalue weighted by molar-refractivity contribution is 5.69. The van der Waals surface area contributed by atoms with Gasteiger partial charge in [-0.3, -0.25) is 4.79 Å². The molecule has 1 heterocycles. The van der Waals surface area contributed by atoms with E-state index in [1.165, 1.54) is 12.3 Å². The highest BCUT2D eigenvalue weighted by atomic mass is 19.1. The lowest BCUT2D eigenvalue weighted by Crippen LogP contribution is -2.08. The molecule has 0 aliphatic carbocycles. The van der Waals surface area contributed by atoms with E-state index in [-0.39, 0.29) is 6.42 Å². The van der Waals surface area contributed by atoms with Crippen molar-refractivity contribution in [3.63, 3.8) is 0 Å². The molecule has 0 spiro atoms. The number of aliphatic carboxylic acids is 1. The average Bonchev–Trinajstić information content (AvgIpc) is 2.76. The van der Waals surface area contributed by atoms with Crippen LogP contribution < -0.4 is 0 Å². The van der Waals surface area contributed by atoms with Gasteiger partial charge in [0.05, 0.1) is 12.7 Å². The van der Waals surface area contributed by atoms with Gasteiger partial charge >= 0.3 is 5.97 Å². The summed E-state index contributed by atoms with van der Waals surface area (Å²) >= 11 is 0. The molecular weight excluding hydrogens is 247 g/mol. The van der Waals surface area contributed by atoms with Gasteiger partial charge in [-0.05, 0) is 24.1 Å². The smallest absolute Gasteiger partial charge is 0.309 e. The van der Waals surface area contributed by atoms with Gasteiger partial charge in [-0.2, -0.15) is 0 Å². The van der Waals surface area contributed by atoms with Gasteiger partial charge in [0.2, 0.25) is 0 Å². The monoisotopic (exact) mass is 264 g/mol. The molecule has 1 aromatic heterocycles. The van der Waals surface area contributed by atoms with Crippen molar-refractivity contribution < 1.29 is 14.3 Å². The number of carboxylic acid groups (broad SMARTS) is 1. The number of hydrogen-bond donors (Lipinski definition) is 1. The van der Waals surface area contributed by atoms with Crippen LogP contribution in [0.2, 0.25) is 0 Å². The van der Waals surface area contributed by atoms with Crippen molar-refractivity contribution in [3.8, 4) is 0 Å². The number of imidazole rings is 1. The molecule has 0 saturated heterocycles. The molecule has 1 N–H and O–H groups in total. The number of hydrogen-bond acceptors (Lipinski definition) is 2. The first-order valence-electron chi connectivity index (χ1n) is 5.96. The molecule has 0 aromatic carbocycles. The summed E-state index contributed by atoms with van der Waals surface area (Å²) in [4.78, 5) is 14.6. The number of aromatic nitrogens is 2. The van der Waals surface area contributed by atoms with E-state index in [4.69, 9.17) is 5.11 Å². The molecule has 0 radical (unpaired) electrons. The molecule has 0 amide bonds. The van der Waals surface area contributed by atoms with E-state index in [0.717, 1.165) is 18.1 Å². The number of rotatable bonds is 7. The zero-order valence-corrected chi connectivity index (χ0v) is 10.8. The minimum atomic E-state index is -0.921. The molecule has 1 aromatic rings. The summed E-state index contributed by atoms with van der Waals surface area (Å²) in [6.07, 6.45) is 8.11. The van der Waals surface area contributed by atoms with Crippen molar-refractivity contribution in [1.29, 1.82) is 0 Å². The maximum absolute atomic E-state index is 13.2. The topological polar surface area (TPSA) is 55.1 Å². The standard InChI is InChI=1S/C14H17FN2O2/c1-3-5-11(6-12(15)4-2)9-17-10-16-8-13(17)7-14(18)19/h4-6,8,10H,2-3,7,9H2,1H3,(H,18,19)/b11-5+,12-6+. The third-order valence-electron chi connectivity index (χ3n) is 2.47. The second-order valence-electron chi connectivity index (χ2n) is 4.00. The van der Waals surface area contributed by atoms with Crippen molar-refractivity contribution in [3.05, 3.63) is 54.4 Å². The van der Waals surface area contributed by atoms with Crippen LogP contribution >= 0.6 is 0 Å². The Bertz CT molecular complexity index is 515. The summed E-state index contributed by atoms with van der Waals surface area (Å²) < 4.78 is 14.9. The predicted octanol–water partition coefficient (Wildman–Crippen LogP) is 2.89. The van der Waals surface area contributed by atoms with Crippen LogP contribution in [0.5, 0.6) is 0 Å². The third-order valence-corrected chi connectivity index (χ3v) is 2.47. The molecule has 0 atom stereocenters. The normalized spacial score (nSPS) is 12.5. The molecule has 0 fully saturated rings. The van der Waals surface area contributed by atoms with Crippen molar-refractivity contribution in [2.24, 2.45) is 0 Å². The van der Waals surface area contributed by atoms with Crippen LogP contribution in [0.3, 0.4) is 0 Å². The third kappa shape index (κ3) is 4.91. The molecule has 5 heteroatoms. The molecule has 0 aliphatic heterocycles. The average molecular weight is 264 g/mol. The Hall–Kier alpha value is -2.17. The fraction of sp³-hybridized carbons (Fsp3) is 0.286. The lowest BCUT2D eigenvalue weighted by atomic mass is 10.2. The van der Waals surface area contributed by atoms with Crippen molar-refractivity contribution in [2.45, 2.75) is 26.3 Å². The SMILES string of the molecule is C=C/C(F)=C\C(=C/CC)Cn1cncc1CC(=O)O. The number of carboxylic acids is 1. The summed E-state index contributed by atoms with van der Waals surface area (Å²) in [5, 5.41) is 8.79. The summed E-state index contributed by atoms with van der Waals surface area (Å²) in [6.45, 7) is 5.70. The number of halogens is 1. The van der Waals surface area contributed by atoms with Gasteiger partial charge < -0.3 is 9.67 Å². The maximum Gasteiger partial charge on any atom is 0.309 e. The highest BCUT2D eigenvalue weighted by Gasteiger charge is 2.07. The van der Waals surface area contributed by atoms with Gasteiger partial charge in [-0.15, -0.1) is 0 Å². The van der Waals surface area contributed by atoms with E-state index in [0.29, 0.717) is 12.2 Å². The van der Waals surface area contributed by atoms with E-state index in [1.807, 2.05) is 13.0 Å². The van der Waals surface area contributed by atoms with E-state index in [2.05, 4.69) is 11.6 Å². The van der Waals surface area contributed by atoms with Gasteiger partial charge in [0.25, 0.3) is 0 Å². The van der Waals surface area contributed by atoms with Gasteiger partial charge in [0, 0.05) is 18.4 Å². The minimum absolute atomic E-state index is 0.104. The second kappa shape index (κ2) is 7.31. The largest absolute Gasteiger partial charge is 0.481 e. The predicted molar refractivity (Wildman–Crippen MR) is 71.3 cm³/mol. The second-order valence-corrected chi connectivity index (χ2v) is 4.00. The molecule has 4 nitrogen and oxygen atoms in total. The minimum Gasteiger partial charge on any atom is -0.481 e. The molecule has 0 unspecified atom stereocenters. The molecule has 0 aliphatic rings. The zero-order chi connectivity index (χ0) is 14.3. The van der Waals surface area contributed by atoms with Gasteiger partial charge in [0.15, 0.2) is 0 Å². The summed E-state index contributed by atoms with van der Waals surface area (Å²) in [6, 6.07) is 0. The van der Waals surface area contributed by atoms with Crippen LogP contribution in [0.15, 0.2) is 48.7 Å². The first-order chi connectivity index (χ1) is 9.06. The van der Waals surface area contributed by atoms with Crippen LogP contribution in [-0.4, -0.2) is 20.6 Å². The Morgan fingerprint density at radius 1 is 1.63 bits per heavy atom. The molecular formula is C14H17FN2O2. The lowest BCUT2D eigenvalue weighted by Gasteiger charge is -2.08. The number of nitrogens with zero attached hydrogens (tertiary/aromatic N) is 2. The van der Waals surface area contributed by atoms with Crippen molar-refractivity contribution >= 4 is 5.97 Å². The highest BCUT2D eigenvalue weighted by Crippen LogP contribution is 2.11. The van der Waals surface area contributed by atoms with E-state index in [9.17, 15) is 9.18 Å². The molecule has 1 rings (SSSR count).